The van der Waals surface area contributed by atoms with Gasteiger partial charge < -0.3 is 5.11 Å². The average Bonchev–Trinajstić information content (AvgIpc) is 1.94. The molecule has 0 saturated carbocycles. The largest absolute Gasteiger partial charge is 0.392 e. The topological polar surface area (TPSA) is 20.2 Å². The second-order valence-electron chi connectivity index (χ2n) is 2.00. The lowest BCUT2D eigenvalue weighted by molar-refractivity contribution is 0.282. The molecule has 50 valence electrons. The summed E-state index contributed by atoms with van der Waals surface area (Å²) in [5.74, 6) is -0.377. The number of aliphatic hydroxyl groups is 1. The number of aliphatic hydroxyl groups excluding tert-OH is 1. The van der Waals surface area contributed by atoms with Crippen LogP contribution < -0.4 is 5.46 Å². The fourth-order valence-corrected chi connectivity index (χ4v) is 0.711. The van der Waals surface area contributed by atoms with Crippen LogP contribution in [-0.2, 0) is 6.61 Å². The van der Waals surface area contributed by atoms with Crippen LogP contribution in [0, 0.1) is 5.82 Å². The zero-order valence-corrected chi connectivity index (χ0v) is 5.34. The van der Waals surface area contributed by atoms with Crippen molar-refractivity contribution in [3.8, 4) is 0 Å². The SMILES string of the molecule is [B]c1ccc(F)cc1CO. The number of hydrogen-bond acceptors (Lipinski definition) is 1. The molecule has 0 fully saturated rings. The van der Waals surface area contributed by atoms with Gasteiger partial charge in [0.05, 0.1) is 6.61 Å². The van der Waals surface area contributed by atoms with Crippen LogP contribution >= 0.6 is 0 Å². The molecule has 0 amide bonds. The molecule has 0 aliphatic carbocycles. The molecule has 0 aliphatic heterocycles. The van der Waals surface area contributed by atoms with E-state index in [-0.39, 0.29) is 12.4 Å². The van der Waals surface area contributed by atoms with E-state index in [0.717, 1.165) is 0 Å². The van der Waals surface area contributed by atoms with E-state index in [2.05, 4.69) is 0 Å². The van der Waals surface area contributed by atoms with Crippen LogP contribution in [0.5, 0.6) is 0 Å². The zero-order chi connectivity index (χ0) is 7.56. The van der Waals surface area contributed by atoms with Gasteiger partial charge in [-0.3, -0.25) is 0 Å². The summed E-state index contributed by atoms with van der Waals surface area (Å²) >= 11 is 0. The Labute approximate surface area is 59.9 Å². The van der Waals surface area contributed by atoms with Gasteiger partial charge in [0.25, 0.3) is 0 Å². The van der Waals surface area contributed by atoms with Gasteiger partial charge in [-0.05, 0) is 17.7 Å². The molecule has 0 aromatic heterocycles. The Morgan fingerprint density at radius 3 is 2.70 bits per heavy atom. The van der Waals surface area contributed by atoms with Gasteiger partial charge in [-0.15, -0.1) is 0 Å². The van der Waals surface area contributed by atoms with Crippen LogP contribution in [0.4, 0.5) is 4.39 Å². The standard InChI is InChI=1S/C7H6BFO/c8-7-2-1-6(9)3-5(7)4-10/h1-3,10H,4H2. The Morgan fingerprint density at radius 2 is 2.20 bits per heavy atom. The third kappa shape index (κ3) is 1.36. The first-order valence-electron chi connectivity index (χ1n) is 2.89. The first-order valence-corrected chi connectivity index (χ1v) is 2.89. The maximum atomic E-state index is 12.4. The Hall–Kier alpha value is -0.825. The van der Waals surface area contributed by atoms with Crippen LogP contribution in [-0.4, -0.2) is 13.0 Å². The highest BCUT2D eigenvalue weighted by molar-refractivity contribution is 6.33. The van der Waals surface area contributed by atoms with E-state index in [9.17, 15) is 4.39 Å². The molecule has 1 nitrogen and oxygen atoms in total. The molecule has 0 unspecified atom stereocenters. The molecule has 0 atom stereocenters. The summed E-state index contributed by atoms with van der Waals surface area (Å²) in [5, 5.41) is 8.60. The molecular weight excluding hydrogens is 130 g/mol. The predicted molar refractivity (Wildman–Crippen MR) is 37.7 cm³/mol. The molecule has 2 radical (unpaired) electrons. The second kappa shape index (κ2) is 2.84. The molecule has 0 heterocycles. The molecule has 0 saturated heterocycles. The Bertz CT molecular complexity index is 237. The monoisotopic (exact) mass is 136 g/mol. The third-order valence-corrected chi connectivity index (χ3v) is 1.28. The van der Waals surface area contributed by atoms with Gasteiger partial charge in [-0.2, -0.15) is 0 Å². The maximum absolute atomic E-state index is 12.4. The van der Waals surface area contributed by atoms with E-state index < -0.39 is 0 Å². The molecule has 1 N–H and O–H groups in total. The number of benzene rings is 1. The Balaban J connectivity index is 3.09. The normalized spacial score (nSPS) is 9.80. The second-order valence-corrected chi connectivity index (χ2v) is 2.00. The molecule has 0 bridgehead atoms. The van der Waals surface area contributed by atoms with Crippen molar-refractivity contribution >= 4 is 13.3 Å². The minimum atomic E-state index is -0.377. The molecule has 3 heteroatoms. The first kappa shape index (κ1) is 7.28. The smallest absolute Gasteiger partial charge is 0.123 e. The van der Waals surface area contributed by atoms with Gasteiger partial charge in [0.15, 0.2) is 0 Å². The zero-order valence-electron chi connectivity index (χ0n) is 5.34. The first-order chi connectivity index (χ1) is 4.74. The fraction of sp³-hybridized carbons (Fsp3) is 0.143. The van der Waals surface area contributed by atoms with Crippen LogP contribution in [0.15, 0.2) is 18.2 Å². The van der Waals surface area contributed by atoms with Crippen molar-refractivity contribution in [1.29, 1.82) is 0 Å². The van der Waals surface area contributed by atoms with E-state index in [1.165, 1.54) is 18.2 Å². The molecule has 1 rings (SSSR count). The summed E-state index contributed by atoms with van der Waals surface area (Å²) in [6.07, 6.45) is 0. The van der Waals surface area contributed by atoms with Gasteiger partial charge in [-0.25, -0.2) is 4.39 Å². The van der Waals surface area contributed by atoms with Gasteiger partial charge in [0, 0.05) is 0 Å². The summed E-state index contributed by atoms with van der Waals surface area (Å²) < 4.78 is 12.4. The van der Waals surface area contributed by atoms with Crippen molar-refractivity contribution in [2.24, 2.45) is 0 Å². The van der Waals surface area contributed by atoms with E-state index >= 15 is 0 Å². The summed E-state index contributed by atoms with van der Waals surface area (Å²) in [4.78, 5) is 0. The van der Waals surface area contributed by atoms with E-state index in [0.29, 0.717) is 11.0 Å². The minimum Gasteiger partial charge on any atom is -0.392 e. The highest BCUT2D eigenvalue weighted by atomic mass is 19.1. The molecule has 1 aromatic rings. The van der Waals surface area contributed by atoms with E-state index in [1.54, 1.807) is 0 Å². The van der Waals surface area contributed by atoms with Gasteiger partial charge in [0.2, 0.25) is 0 Å². The molecule has 1 aromatic carbocycles. The summed E-state index contributed by atoms with van der Waals surface area (Å²) in [5.41, 5.74) is 0.851. The predicted octanol–water partition coefficient (Wildman–Crippen LogP) is 0.112. The summed E-state index contributed by atoms with van der Waals surface area (Å²) in [7, 11) is 5.37. The van der Waals surface area contributed by atoms with Crippen molar-refractivity contribution in [3.63, 3.8) is 0 Å². The Kier molecular flexibility index (Phi) is 2.07. The van der Waals surface area contributed by atoms with Crippen molar-refractivity contribution in [3.05, 3.63) is 29.6 Å². The third-order valence-electron chi connectivity index (χ3n) is 1.28. The average molecular weight is 136 g/mol. The number of rotatable bonds is 1. The van der Waals surface area contributed by atoms with Crippen LogP contribution in [0.3, 0.4) is 0 Å². The quantitative estimate of drug-likeness (QED) is 0.543. The van der Waals surface area contributed by atoms with Crippen molar-refractivity contribution in [2.75, 3.05) is 0 Å². The molecule has 0 aliphatic rings. The number of halogens is 1. The Morgan fingerprint density at radius 1 is 1.50 bits per heavy atom. The lowest BCUT2D eigenvalue weighted by atomic mass is 9.91. The highest BCUT2D eigenvalue weighted by Crippen LogP contribution is 1.99. The lowest BCUT2D eigenvalue weighted by Gasteiger charge is -2.00. The lowest BCUT2D eigenvalue weighted by Crippen LogP contribution is -2.09. The molecular formula is C7H6BFO. The summed E-state index contributed by atoms with van der Waals surface area (Å²) in [6, 6.07) is 3.91. The van der Waals surface area contributed by atoms with Gasteiger partial charge in [-0.1, -0.05) is 11.5 Å². The van der Waals surface area contributed by atoms with Crippen molar-refractivity contribution < 1.29 is 9.50 Å². The van der Waals surface area contributed by atoms with Crippen LogP contribution in [0.1, 0.15) is 5.56 Å². The van der Waals surface area contributed by atoms with Crippen molar-refractivity contribution in [2.45, 2.75) is 6.61 Å². The van der Waals surface area contributed by atoms with Gasteiger partial charge >= 0.3 is 0 Å². The van der Waals surface area contributed by atoms with Gasteiger partial charge in [0.1, 0.15) is 13.7 Å². The highest BCUT2D eigenvalue weighted by Gasteiger charge is 1.96. The minimum absolute atomic E-state index is 0.219. The van der Waals surface area contributed by atoms with Crippen LogP contribution in [0.2, 0.25) is 0 Å². The van der Waals surface area contributed by atoms with Crippen LogP contribution in [0.25, 0.3) is 0 Å². The maximum Gasteiger partial charge on any atom is 0.123 e. The fourth-order valence-electron chi connectivity index (χ4n) is 0.711. The van der Waals surface area contributed by atoms with E-state index in [1.807, 2.05) is 0 Å². The number of hydrogen-bond donors (Lipinski definition) is 1. The van der Waals surface area contributed by atoms with Crippen molar-refractivity contribution in [1.82, 2.24) is 0 Å². The summed E-state index contributed by atoms with van der Waals surface area (Å²) in [6.45, 7) is -0.219. The molecule has 0 spiro atoms. The van der Waals surface area contributed by atoms with E-state index in [4.69, 9.17) is 13.0 Å². The molecule has 10 heavy (non-hydrogen) atoms.